The standard InChI is InChI=1S/C12H17NO4S/c1-4-17-12(14)9-13(3)18(15,16)11-8-6-5-7-10(11)2/h5-8H,4,9H2,1-3H3. The summed E-state index contributed by atoms with van der Waals surface area (Å²) in [5.74, 6) is -0.558. The third kappa shape index (κ3) is 3.30. The molecule has 0 aromatic heterocycles. The smallest absolute Gasteiger partial charge is 0.321 e. The summed E-state index contributed by atoms with van der Waals surface area (Å²) in [7, 11) is -2.29. The Kier molecular flexibility index (Phi) is 4.86. The normalized spacial score (nSPS) is 11.6. The van der Waals surface area contributed by atoms with Gasteiger partial charge in [0, 0.05) is 7.05 Å². The maximum atomic E-state index is 12.2. The first-order valence-electron chi connectivity index (χ1n) is 5.57. The van der Waals surface area contributed by atoms with Crippen molar-refractivity contribution in [2.75, 3.05) is 20.2 Å². The first-order valence-corrected chi connectivity index (χ1v) is 7.01. The Morgan fingerprint density at radius 3 is 2.50 bits per heavy atom. The molecule has 0 spiro atoms. The number of nitrogens with zero attached hydrogens (tertiary/aromatic N) is 1. The number of likely N-dealkylation sites (N-methyl/N-ethyl adjacent to an activating group) is 1. The van der Waals surface area contributed by atoms with Gasteiger partial charge in [-0.05, 0) is 25.5 Å². The molecule has 0 fully saturated rings. The van der Waals surface area contributed by atoms with Crippen molar-refractivity contribution in [3.05, 3.63) is 29.8 Å². The monoisotopic (exact) mass is 271 g/mol. The van der Waals surface area contributed by atoms with Gasteiger partial charge >= 0.3 is 5.97 Å². The van der Waals surface area contributed by atoms with Crippen LogP contribution in [0.4, 0.5) is 0 Å². The molecular weight excluding hydrogens is 254 g/mol. The Morgan fingerprint density at radius 1 is 1.33 bits per heavy atom. The first kappa shape index (κ1) is 14.7. The molecule has 0 saturated carbocycles. The Balaban J connectivity index is 2.94. The lowest BCUT2D eigenvalue weighted by Crippen LogP contribution is -2.33. The second-order valence-corrected chi connectivity index (χ2v) is 5.84. The van der Waals surface area contributed by atoms with Crippen LogP contribution in [0.5, 0.6) is 0 Å². The number of sulfonamides is 1. The van der Waals surface area contributed by atoms with E-state index in [2.05, 4.69) is 0 Å². The maximum Gasteiger partial charge on any atom is 0.321 e. The van der Waals surface area contributed by atoms with Crippen LogP contribution in [0.15, 0.2) is 29.2 Å². The van der Waals surface area contributed by atoms with E-state index in [0.29, 0.717) is 5.56 Å². The van der Waals surface area contributed by atoms with Gasteiger partial charge in [-0.3, -0.25) is 4.79 Å². The van der Waals surface area contributed by atoms with Gasteiger partial charge in [-0.25, -0.2) is 8.42 Å². The fourth-order valence-electron chi connectivity index (χ4n) is 1.49. The minimum absolute atomic E-state index is 0.205. The zero-order valence-corrected chi connectivity index (χ0v) is 11.5. The highest BCUT2D eigenvalue weighted by Gasteiger charge is 2.24. The number of hydrogen-bond donors (Lipinski definition) is 0. The average molecular weight is 271 g/mol. The lowest BCUT2D eigenvalue weighted by Gasteiger charge is -2.17. The molecular formula is C12H17NO4S. The van der Waals surface area contributed by atoms with Crippen molar-refractivity contribution >= 4 is 16.0 Å². The molecule has 0 saturated heterocycles. The van der Waals surface area contributed by atoms with Gasteiger partial charge in [-0.2, -0.15) is 4.31 Å². The number of aryl methyl sites for hydroxylation is 1. The minimum atomic E-state index is -3.65. The lowest BCUT2D eigenvalue weighted by atomic mass is 10.2. The maximum absolute atomic E-state index is 12.2. The second-order valence-electron chi connectivity index (χ2n) is 3.83. The predicted molar refractivity (Wildman–Crippen MR) is 67.6 cm³/mol. The zero-order valence-electron chi connectivity index (χ0n) is 10.7. The van der Waals surface area contributed by atoms with Crippen LogP contribution in [-0.2, 0) is 19.6 Å². The first-order chi connectivity index (χ1) is 8.39. The number of hydrogen-bond acceptors (Lipinski definition) is 4. The van der Waals surface area contributed by atoms with Gasteiger partial charge in [0.15, 0.2) is 0 Å². The zero-order chi connectivity index (χ0) is 13.8. The average Bonchev–Trinajstić information content (AvgIpc) is 2.29. The van der Waals surface area contributed by atoms with E-state index in [-0.39, 0.29) is 18.0 Å². The summed E-state index contributed by atoms with van der Waals surface area (Å²) in [5.41, 5.74) is 0.646. The van der Waals surface area contributed by atoms with Gasteiger partial charge in [0.05, 0.1) is 11.5 Å². The van der Waals surface area contributed by atoms with Crippen LogP contribution in [0.3, 0.4) is 0 Å². The van der Waals surface area contributed by atoms with Crippen LogP contribution in [0.2, 0.25) is 0 Å². The molecule has 0 radical (unpaired) electrons. The number of esters is 1. The van der Waals surface area contributed by atoms with E-state index in [1.807, 2.05) is 0 Å². The summed E-state index contributed by atoms with van der Waals surface area (Å²) in [6, 6.07) is 6.65. The van der Waals surface area contributed by atoms with Crippen molar-refractivity contribution in [3.63, 3.8) is 0 Å². The molecule has 1 rings (SSSR count). The molecule has 0 aliphatic heterocycles. The van der Waals surface area contributed by atoms with Gasteiger partial charge < -0.3 is 4.74 Å². The number of ether oxygens (including phenoxy) is 1. The van der Waals surface area contributed by atoms with E-state index in [1.54, 1.807) is 32.0 Å². The third-order valence-electron chi connectivity index (χ3n) is 2.44. The largest absolute Gasteiger partial charge is 0.465 e. The van der Waals surface area contributed by atoms with Crippen LogP contribution in [0, 0.1) is 6.92 Å². The molecule has 6 heteroatoms. The van der Waals surface area contributed by atoms with E-state index in [1.165, 1.54) is 13.1 Å². The Bertz CT molecular complexity index is 525. The summed E-state index contributed by atoms with van der Waals surface area (Å²) in [5, 5.41) is 0. The van der Waals surface area contributed by atoms with Gasteiger partial charge in [0.1, 0.15) is 6.54 Å². The molecule has 0 aliphatic carbocycles. The fraction of sp³-hybridized carbons (Fsp3) is 0.417. The third-order valence-corrected chi connectivity index (χ3v) is 4.40. The number of carbonyl (C=O) groups excluding carboxylic acids is 1. The molecule has 0 atom stereocenters. The highest BCUT2D eigenvalue weighted by atomic mass is 32.2. The molecule has 0 heterocycles. The van der Waals surface area contributed by atoms with Crippen LogP contribution in [-0.4, -0.2) is 38.9 Å². The molecule has 0 N–H and O–H groups in total. The van der Waals surface area contributed by atoms with E-state index in [4.69, 9.17) is 4.74 Å². The Morgan fingerprint density at radius 2 is 1.94 bits per heavy atom. The fourth-order valence-corrected chi connectivity index (χ4v) is 2.82. The molecule has 18 heavy (non-hydrogen) atoms. The van der Waals surface area contributed by atoms with Crippen molar-refractivity contribution in [1.29, 1.82) is 0 Å². The van der Waals surface area contributed by atoms with Crippen LogP contribution < -0.4 is 0 Å². The van der Waals surface area contributed by atoms with Gasteiger partial charge in [0.2, 0.25) is 10.0 Å². The van der Waals surface area contributed by atoms with Gasteiger partial charge in [-0.15, -0.1) is 0 Å². The second kappa shape index (κ2) is 5.97. The van der Waals surface area contributed by atoms with Crippen molar-refractivity contribution in [2.24, 2.45) is 0 Å². The molecule has 0 amide bonds. The topological polar surface area (TPSA) is 63.7 Å². The quantitative estimate of drug-likeness (QED) is 0.754. The van der Waals surface area contributed by atoms with Crippen LogP contribution in [0.25, 0.3) is 0 Å². The molecule has 1 aromatic rings. The van der Waals surface area contributed by atoms with Crippen molar-refractivity contribution in [1.82, 2.24) is 4.31 Å². The molecule has 0 unspecified atom stereocenters. The summed E-state index contributed by atoms with van der Waals surface area (Å²) in [6.07, 6.45) is 0. The summed E-state index contributed by atoms with van der Waals surface area (Å²) in [4.78, 5) is 11.5. The molecule has 0 bridgehead atoms. The summed E-state index contributed by atoms with van der Waals surface area (Å²) in [6.45, 7) is 3.33. The predicted octanol–water partition coefficient (Wildman–Crippen LogP) is 1.18. The molecule has 0 aliphatic rings. The van der Waals surface area contributed by atoms with Crippen molar-refractivity contribution in [3.8, 4) is 0 Å². The number of benzene rings is 1. The highest BCUT2D eigenvalue weighted by molar-refractivity contribution is 7.89. The van der Waals surface area contributed by atoms with Crippen molar-refractivity contribution in [2.45, 2.75) is 18.7 Å². The number of carbonyl (C=O) groups is 1. The van der Waals surface area contributed by atoms with E-state index < -0.39 is 16.0 Å². The summed E-state index contributed by atoms with van der Waals surface area (Å²) < 4.78 is 30.1. The number of rotatable bonds is 5. The Hall–Kier alpha value is -1.40. The van der Waals surface area contributed by atoms with E-state index in [9.17, 15) is 13.2 Å². The lowest BCUT2D eigenvalue weighted by molar-refractivity contribution is -0.143. The highest BCUT2D eigenvalue weighted by Crippen LogP contribution is 2.18. The molecule has 100 valence electrons. The minimum Gasteiger partial charge on any atom is -0.465 e. The Labute approximate surface area is 107 Å². The van der Waals surface area contributed by atoms with Gasteiger partial charge in [0.25, 0.3) is 0 Å². The van der Waals surface area contributed by atoms with E-state index in [0.717, 1.165) is 4.31 Å². The van der Waals surface area contributed by atoms with E-state index >= 15 is 0 Å². The molecule has 5 nitrogen and oxygen atoms in total. The summed E-state index contributed by atoms with van der Waals surface area (Å²) >= 11 is 0. The SMILES string of the molecule is CCOC(=O)CN(C)S(=O)(=O)c1ccccc1C. The van der Waals surface area contributed by atoms with Crippen LogP contribution >= 0.6 is 0 Å². The van der Waals surface area contributed by atoms with Gasteiger partial charge in [-0.1, -0.05) is 18.2 Å². The molecule has 1 aromatic carbocycles. The van der Waals surface area contributed by atoms with Crippen molar-refractivity contribution < 1.29 is 17.9 Å². The van der Waals surface area contributed by atoms with Crippen LogP contribution in [0.1, 0.15) is 12.5 Å².